The minimum atomic E-state index is 0.675. The van der Waals surface area contributed by atoms with Crippen molar-refractivity contribution in [3.8, 4) is 0 Å². The van der Waals surface area contributed by atoms with E-state index in [2.05, 4.69) is 34.0 Å². The molecule has 3 heteroatoms. The fourth-order valence-corrected chi connectivity index (χ4v) is 2.39. The molecule has 2 nitrogen and oxygen atoms in total. The Morgan fingerprint density at radius 2 is 2.62 bits per heavy atom. The summed E-state index contributed by atoms with van der Waals surface area (Å²) >= 11 is 1.79. The maximum Gasteiger partial charge on any atom is 0.0245 e. The van der Waals surface area contributed by atoms with E-state index < -0.39 is 0 Å². The molecule has 0 unspecified atom stereocenters. The summed E-state index contributed by atoms with van der Waals surface area (Å²) in [5, 5.41) is 7.80. The minimum Gasteiger partial charge on any atom is -0.314 e. The Morgan fingerprint density at radius 1 is 1.69 bits per heavy atom. The first-order valence-electron chi connectivity index (χ1n) is 4.82. The van der Waals surface area contributed by atoms with Crippen LogP contribution in [-0.4, -0.2) is 30.6 Å². The van der Waals surface area contributed by atoms with Crippen LogP contribution < -0.4 is 5.32 Å². The lowest BCUT2D eigenvalue weighted by Crippen LogP contribution is -2.49. The van der Waals surface area contributed by atoms with Gasteiger partial charge in [0, 0.05) is 32.2 Å². The summed E-state index contributed by atoms with van der Waals surface area (Å²) in [4.78, 5) is 2.54. The number of piperazine rings is 1. The normalized spacial score (nSPS) is 24.8. The Morgan fingerprint density at radius 3 is 3.31 bits per heavy atom. The van der Waals surface area contributed by atoms with Gasteiger partial charge in [0.2, 0.25) is 0 Å². The maximum atomic E-state index is 3.41. The maximum absolute atomic E-state index is 3.41. The van der Waals surface area contributed by atoms with Gasteiger partial charge in [-0.1, -0.05) is 0 Å². The first-order chi connectivity index (χ1) is 6.36. The summed E-state index contributed by atoms with van der Waals surface area (Å²) in [5.41, 5.74) is 1.46. The highest BCUT2D eigenvalue weighted by molar-refractivity contribution is 7.07. The zero-order chi connectivity index (χ0) is 9.10. The summed E-state index contributed by atoms with van der Waals surface area (Å²) in [6.45, 7) is 6.85. The van der Waals surface area contributed by atoms with E-state index in [1.807, 2.05) is 0 Å². The van der Waals surface area contributed by atoms with Gasteiger partial charge in [0.1, 0.15) is 0 Å². The first-order valence-corrected chi connectivity index (χ1v) is 5.76. The molecule has 72 valence electrons. The molecule has 0 spiro atoms. The smallest absolute Gasteiger partial charge is 0.0245 e. The zero-order valence-electron chi connectivity index (χ0n) is 7.99. The number of nitrogens with zero attached hydrogens (tertiary/aromatic N) is 1. The van der Waals surface area contributed by atoms with Gasteiger partial charge in [-0.05, 0) is 29.3 Å². The van der Waals surface area contributed by atoms with Gasteiger partial charge in [0.25, 0.3) is 0 Å². The van der Waals surface area contributed by atoms with Crippen molar-refractivity contribution in [2.24, 2.45) is 0 Å². The molecule has 1 saturated heterocycles. The van der Waals surface area contributed by atoms with Crippen molar-refractivity contribution in [2.45, 2.75) is 19.5 Å². The van der Waals surface area contributed by atoms with E-state index in [1.165, 1.54) is 12.1 Å². The number of hydrogen-bond donors (Lipinski definition) is 1. The molecule has 0 bridgehead atoms. The number of hydrogen-bond acceptors (Lipinski definition) is 3. The molecule has 1 aliphatic rings. The monoisotopic (exact) mass is 196 g/mol. The molecule has 0 radical (unpaired) electrons. The highest BCUT2D eigenvalue weighted by Crippen LogP contribution is 2.12. The van der Waals surface area contributed by atoms with Crippen LogP contribution in [0.3, 0.4) is 0 Å². The molecule has 0 saturated carbocycles. The molecule has 1 N–H and O–H groups in total. The van der Waals surface area contributed by atoms with E-state index in [-0.39, 0.29) is 0 Å². The van der Waals surface area contributed by atoms with Gasteiger partial charge >= 0.3 is 0 Å². The van der Waals surface area contributed by atoms with E-state index in [1.54, 1.807) is 11.3 Å². The van der Waals surface area contributed by atoms with Gasteiger partial charge in [-0.15, -0.1) is 0 Å². The fourth-order valence-electron chi connectivity index (χ4n) is 1.74. The van der Waals surface area contributed by atoms with Crippen molar-refractivity contribution < 1.29 is 0 Å². The average molecular weight is 196 g/mol. The van der Waals surface area contributed by atoms with Gasteiger partial charge in [0.15, 0.2) is 0 Å². The van der Waals surface area contributed by atoms with E-state index in [0.717, 1.165) is 19.6 Å². The topological polar surface area (TPSA) is 15.3 Å². The molecule has 2 rings (SSSR count). The number of thiophene rings is 1. The van der Waals surface area contributed by atoms with Crippen molar-refractivity contribution in [1.82, 2.24) is 10.2 Å². The van der Waals surface area contributed by atoms with Gasteiger partial charge < -0.3 is 5.32 Å². The second-order valence-corrected chi connectivity index (χ2v) is 4.44. The van der Waals surface area contributed by atoms with E-state index >= 15 is 0 Å². The lowest BCUT2D eigenvalue weighted by atomic mass is 10.2. The van der Waals surface area contributed by atoms with Crippen LogP contribution in [0.1, 0.15) is 12.5 Å². The summed E-state index contributed by atoms with van der Waals surface area (Å²) in [7, 11) is 0. The Hall–Kier alpha value is -0.380. The second-order valence-electron chi connectivity index (χ2n) is 3.66. The molecule has 1 aliphatic heterocycles. The van der Waals surface area contributed by atoms with Gasteiger partial charge in [-0.3, -0.25) is 4.90 Å². The molecule has 0 amide bonds. The molecular formula is C10H16N2S. The largest absolute Gasteiger partial charge is 0.314 e. The summed E-state index contributed by atoms with van der Waals surface area (Å²) in [5.74, 6) is 0. The van der Waals surface area contributed by atoms with Crippen molar-refractivity contribution in [3.63, 3.8) is 0 Å². The molecule has 0 aliphatic carbocycles. The first kappa shape index (κ1) is 9.19. The summed E-state index contributed by atoms with van der Waals surface area (Å²) in [6.07, 6.45) is 0. The molecule has 0 aromatic carbocycles. The van der Waals surface area contributed by atoms with Crippen LogP contribution in [0, 0.1) is 0 Å². The van der Waals surface area contributed by atoms with Crippen LogP contribution in [0.2, 0.25) is 0 Å². The Balaban J connectivity index is 1.93. The lowest BCUT2D eigenvalue weighted by Gasteiger charge is -2.33. The predicted molar refractivity (Wildman–Crippen MR) is 57.1 cm³/mol. The zero-order valence-corrected chi connectivity index (χ0v) is 8.81. The molecular weight excluding hydrogens is 180 g/mol. The van der Waals surface area contributed by atoms with Crippen LogP contribution in [0.5, 0.6) is 0 Å². The van der Waals surface area contributed by atoms with Gasteiger partial charge in [-0.2, -0.15) is 11.3 Å². The molecule has 1 fully saturated rings. The minimum absolute atomic E-state index is 0.675. The van der Waals surface area contributed by atoms with E-state index in [4.69, 9.17) is 0 Å². The number of nitrogens with one attached hydrogen (secondary N) is 1. The molecule has 1 aromatic rings. The van der Waals surface area contributed by atoms with E-state index in [0.29, 0.717) is 6.04 Å². The fraction of sp³-hybridized carbons (Fsp3) is 0.600. The highest BCUT2D eigenvalue weighted by atomic mass is 32.1. The lowest BCUT2D eigenvalue weighted by molar-refractivity contribution is 0.166. The quantitative estimate of drug-likeness (QED) is 0.772. The summed E-state index contributed by atoms with van der Waals surface area (Å²) in [6, 6.07) is 2.90. The molecule has 2 heterocycles. The summed E-state index contributed by atoms with van der Waals surface area (Å²) < 4.78 is 0. The van der Waals surface area contributed by atoms with Gasteiger partial charge in [0.05, 0.1) is 0 Å². The van der Waals surface area contributed by atoms with Crippen LogP contribution >= 0.6 is 11.3 Å². The Labute approximate surface area is 83.6 Å². The van der Waals surface area contributed by atoms with Crippen LogP contribution in [-0.2, 0) is 6.54 Å². The van der Waals surface area contributed by atoms with Gasteiger partial charge in [-0.25, -0.2) is 0 Å². The molecule has 13 heavy (non-hydrogen) atoms. The SMILES string of the molecule is C[C@@H]1CNCCN1Cc1ccsc1. The molecule has 1 aromatic heterocycles. The third-order valence-corrected chi connectivity index (χ3v) is 3.34. The third-order valence-electron chi connectivity index (χ3n) is 2.60. The van der Waals surface area contributed by atoms with E-state index in [9.17, 15) is 0 Å². The van der Waals surface area contributed by atoms with Crippen molar-refractivity contribution >= 4 is 11.3 Å². The van der Waals surface area contributed by atoms with Crippen molar-refractivity contribution in [1.29, 1.82) is 0 Å². The van der Waals surface area contributed by atoms with Crippen molar-refractivity contribution in [3.05, 3.63) is 22.4 Å². The second kappa shape index (κ2) is 4.22. The Bertz CT molecular complexity index is 245. The third kappa shape index (κ3) is 2.30. The Kier molecular flexibility index (Phi) is 2.98. The van der Waals surface area contributed by atoms with Crippen LogP contribution in [0.25, 0.3) is 0 Å². The van der Waals surface area contributed by atoms with Crippen LogP contribution in [0.4, 0.5) is 0 Å². The molecule has 1 atom stereocenters. The highest BCUT2D eigenvalue weighted by Gasteiger charge is 2.17. The van der Waals surface area contributed by atoms with Crippen molar-refractivity contribution in [2.75, 3.05) is 19.6 Å². The van der Waals surface area contributed by atoms with Crippen LogP contribution in [0.15, 0.2) is 16.8 Å². The number of rotatable bonds is 2. The standard InChI is InChI=1S/C10H16N2S/c1-9-6-11-3-4-12(9)7-10-2-5-13-8-10/h2,5,8-9,11H,3-4,6-7H2,1H3/t9-/m1/s1. The average Bonchev–Trinajstić information content (AvgIpc) is 2.61. The predicted octanol–water partition coefficient (Wildman–Crippen LogP) is 1.54.